The fourth-order valence-electron chi connectivity index (χ4n) is 0.996. The van der Waals surface area contributed by atoms with Crippen molar-refractivity contribution in [2.24, 2.45) is 4.99 Å². The molecule has 1 aromatic carbocycles. The lowest BCUT2D eigenvalue weighted by atomic mass is 10.2. The van der Waals surface area contributed by atoms with Gasteiger partial charge in [-0.1, -0.05) is 29.8 Å². The second kappa shape index (κ2) is 5.52. The molecule has 0 saturated carbocycles. The molecule has 0 aromatic heterocycles. The fraction of sp³-hybridized carbons (Fsp3) is 0.364. The molecule has 0 spiro atoms. The van der Waals surface area contributed by atoms with Crippen LogP contribution in [0.5, 0.6) is 0 Å². The van der Waals surface area contributed by atoms with Gasteiger partial charge in [-0.3, -0.25) is 4.99 Å². The molecule has 0 aliphatic carbocycles. The molecule has 1 aromatic rings. The van der Waals surface area contributed by atoms with E-state index in [1.54, 1.807) is 6.21 Å². The Morgan fingerprint density at radius 3 is 2.29 bits per heavy atom. The molecule has 0 aliphatic heterocycles. The molecule has 0 amide bonds. The predicted molar refractivity (Wildman–Crippen MR) is 56.7 cm³/mol. The Hall–Kier alpha value is -1.19. The average molecular weight is 193 g/mol. The van der Waals surface area contributed by atoms with Gasteiger partial charge in [-0.15, -0.1) is 0 Å². The van der Waals surface area contributed by atoms with E-state index in [0.717, 1.165) is 5.56 Å². The summed E-state index contributed by atoms with van der Waals surface area (Å²) in [5.74, 6) is 0. The third-order valence-corrected chi connectivity index (χ3v) is 1.93. The zero-order chi connectivity index (χ0) is 10.4. The first kappa shape index (κ1) is 10.9. The molecule has 3 heteroatoms. The summed E-state index contributed by atoms with van der Waals surface area (Å²) in [5, 5.41) is 17.5. The summed E-state index contributed by atoms with van der Waals surface area (Å²) >= 11 is 0. The highest BCUT2D eigenvalue weighted by Gasteiger charge is 1.99. The molecule has 3 nitrogen and oxygen atoms in total. The molecule has 0 atom stereocenters. The molecule has 2 N–H and O–H groups in total. The average Bonchev–Trinajstić information content (AvgIpc) is 2.22. The van der Waals surface area contributed by atoms with Gasteiger partial charge < -0.3 is 10.2 Å². The van der Waals surface area contributed by atoms with E-state index in [9.17, 15) is 0 Å². The molecular weight excluding hydrogens is 178 g/mol. The van der Waals surface area contributed by atoms with Gasteiger partial charge in [-0.2, -0.15) is 0 Å². The Kier molecular flexibility index (Phi) is 4.29. The smallest absolute Gasteiger partial charge is 0.0960 e. The highest BCUT2D eigenvalue weighted by Crippen LogP contribution is 2.00. The van der Waals surface area contributed by atoms with Crippen LogP contribution in [0.25, 0.3) is 0 Å². The van der Waals surface area contributed by atoms with Crippen LogP contribution in [0.2, 0.25) is 0 Å². The molecule has 0 fully saturated rings. The van der Waals surface area contributed by atoms with Crippen LogP contribution >= 0.6 is 0 Å². The van der Waals surface area contributed by atoms with Gasteiger partial charge in [-0.25, -0.2) is 0 Å². The predicted octanol–water partition coefficient (Wildman–Crippen LogP) is 0.767. The van der Waals surface area contributed by atoms with Crippen molar-refractivity contribution in [2.45, 2.75) is 13.0 Å². The summed E-state index contributed by atoms with van der Waals surface area (Å²) < 4.78 is 0. The van der Waals surface area contributed by atoms with Crippen LogP contribution in [-0.4, -0.2) is 35.7 Å². The number of aryl methyl sites for hydroxylation is 1. The first-order valence-corrected chi connectivity index (χ1v) is 4.58. The molecular formula is C11H15NO2. The van der Waals surface area contributed by atoms with Gasteiger partial charge in [0.25, 0.3) is 0 Å². The summed E-state index contributed by atoms with van der Waals surface area (Å²) in [7, 11) is 0. The van der Waals surface area contributed by atoms with Crippen LogP contribution in [0, 0.1) is 6.92 Å². The molecule has 0 saturated heterocycles. The van der Waals surface area contributed by atoms with Crippen molar-refractivity contribution in [1.29, 1.82) is 0 Å². The maximum Gasteiger partial charge on any atom is 0.0960 e. The van der Waals surface area contributed by atoms with Gasteiger partial charge in [0.2, 0.25) is 0 Å². The molecule has 14 heavy (non-hydrogen) atoms. The molecule has 0 bridgehead atoms. The lowest BCUT2D eigenvalue weighted by Gasteiger charge is -2.03. The third-order valence-electron chi connectivity index (χ3n) is 1.93. The Morgan fingerprint density at radius 1 is 1.21 bits per heavy atom. The minimum Gasteiger partial charge on any atom is -0.394 e. The lowest BCUT2D eigenvalue weighted by Crippen LogP contribution is -2.15. The zero-order valence-electron chi connectivity index (χ0n) is 8.22. The Bertz CT molecular complexity index is 289. The summed E-state index contributed by atoms with van der Waals surface area (Å²) in [5.41, 5.74) is 2.17. The van der Waals surface area contributed by atoms with E-state index in [2.05, 4.69) is 4.99 Å². The van der Waals surface area contributed by atoms with Crippen LogP contribution in [0.1, 0.15) is 11.1 Å². The van der Waals surface area contributed by atoms with Gasteiger partial charge in [0.15, 0.2) is 0 Å². The van der Waals surface area contributed by atoms with Gasteiger partial charge in [0.1, 0.15) is 0 Å². The quantitative estimate of drug-likeness (QED) is 0.694. The maximum atomic E-state index is 8.77. The van der Waals surface area contributed by atoms with E-state index >= 15 is 0 Å². The summed E-state index contributed by atoms with van der Waals surface area (Å²) in [4.78, 5) is 4.04. The van der Waals surface area contributed by atoms with Crippen LogP contribution < -0.4 is 0 Å². The Morgan fingerprint density at radius 2 is 1.79 bits per heavy atom. The van der Waals surface area contributed by atoms with E-state index in [-0.39, 0.29) is 13.2 Å². The van der Waals surface area contributed by atoms with E-state index in [4.69, 9.17) is 10.2 Å². The Labute approximate surface area is 83.7 Å². The maximum absolute atomic E-state index is 8.77. The number of nitrogens with zero attached hydrogens (tertiary/aromatic N) is 1. The molecule has 0 radical (unpaired) electrons. The number of aliphatic hydroxyl groups excluding tert-OH is 2. The highest BCUT2D eigenvalue weighted by atomic mass is 16.3. The largest absolute Gasteiger partial charge is 0.394 e. The monoisotopic (exact) mass is 193 g/mol. The van der Waals surface area contributed by atoms with E-state index in [1.165, 1.54) is 5.56 Å². The topological polar surface area (TPSA) is 52.8 Å². The van der Waals surface area contributed by atoms with Crippen molar-refractivity contribution >= 4 is 6.21 Å². The van der Waals surface area contributed by atoms with Crippen LogP contribution in [0.3, 0.4) is 0 Å². The standard InChI is InChI=1S/C11H15NO2/c1-9-2-4-10(5-3-9)6-12-11(7-13)8-14/h2-6,11,13-14H,7-8H2,1H3. The first-order valence-electron chi connectivity index (χ1n) is 4.58. The number of aliphatic imine (C=N–C) groups is 1. The number of hydrogen-bond donors (Lipinski definition) is 2. The number of benzene rings is 1. The van der Waals surface area contributed by atoms with Crippen molar-refractivity contribution in [2.75, 3.05) is 13.2 Å². The van der Waals surface area contributed by atoms with E-state index < -0.39 is 6.04 Å². The molecule has 76 valence electrons. The van der Waals surface area contributed by atoms with Crippen molar-refractivity contribution < 1.29 is 10.2 Å². The Balaban J connectivity index is 2.63. The van der Waals surface area contributed by atoms with E-state index in [1.807, 2.05) is 31.2 Å². The summed E-state index contributed by atoms with van der Waals surface area (Å²) in [6, 6.07) is 7.48. The molecule has 0 unspecified atom stereocenters. The van der Waals surface area contributed by atoms with Crippen LogP contribution in [-0.2, 0) is 0 Å². The second-order valence-corrected chi connectivity index (χ2v) is 3.21. The zero-order valence-corrected chi connectivity index (χ0v) is 8.22. The highest BCUT2D eigenvalue weighted by molar-refractivity contribution is 5.79. The first-order chi connectivity index (χ1) is 6.76. The van der Waals surface area contributed by atoms with Gasteiger partial charge >= 0.3 is 0 Å². The van der Waals surface area contributed by atoms with E-state index in [0.29, 0.717) is 0 Å². The minimum absolute atomic E-state index is 0.126. The van der Waals surface area contributed by atoms with Gasteiger partial charge in [-0.05, 0) is 12.5 Å². The normalized spacial score (nSPS) is 11.4. The third kappa shape index (κ3) is 3.28. The fourth-order valence-corrected chi connectivity index (χ4v) is 0.996. The molecule has 0 heterocycles. The molecule has 0 aliphatic rings. The van der Waals surface area contributed by atoms with Crippen molar-refractivity contribution in [3.05, 3.63) is 35.4 Å². The number of rotatable bonds is 4. The van der Waals surface area contributed by atoms with Crippen LogP contribution in [0.15, 0.2) is 29.3 Å². The van der Waals surface area contributed by atoms with Crippen LogP contribution in [0.4, 0.5) is 0 Å². The second-order valence-electron chi connectivity index (χ2n) is 3.21. The van der Waals surface area contributed by atoms with Crippen molar-refractivity contribution in [1.82, 2.24) is 0 Å². The van der Waals surface area contributed by atoms with Crippen molar-refractivity contribution in [3.8, 4) is 0 Å². The minimum atomic E-state index is -0.406. The SMILES string of the molecule is Cc1ccc(C=NC(CO)CO)cc1. The number of aliphatic hydroxyl groups is 2. The number of hydrogen-bond acceptors (Lipinski definition) is 3. The van der Waals surface area contributed by atoms with Gasteiger partial charge in [0, 0.05) is 6.21 Å². The summed E-state index contributed by atoms with van der Waals surface area (Å²) in [6.45, 7) is 1.77. The van der Waals surface area contributed by atoms with Crippen molar-refractivity contribution in [3.63, 3.8) is 0 Å². The van der Waals surface area contributed by atoms with Gasteiger partial charge in [0.05, 0.1) is 19.3 Å². The molecule has 1 rings (SSSR count). The summed E-state index contributed by atoms with van der Waals surface area (Å²) in [6.07, 6.45) is 1.66. The lowest BCUT2D eigenvalue weighted by molar-refractivity contribution is 0.195.